The van der Waals surface area contributed by atoms with Crippen LogP contribution in [0.5, 0.6) is 0 Å². The van der Waals surface area contributed by atoms with E-state index in [9.17, 15) is 0 Å². The van der Waals surface area contributed by atoms with Crippen molar-refractivity contribution in [1.29, 1.82) is 0 Å². The van der Waals surface area contributed by atoms with Crippen molar-refractivity contribution in [3.05, 3.63) is 132 Å². The highest BCUT2D eigenvalue weighted by molar-refractivity contribution is 5.69. The number of allylic oxidation sites excluding steroid dienone is 6. The molecule has 0 N–H and O–H groups in total. The zero-order valence-electron chi connectivity index (χ0n) is 16.4. The van der Waals surface area contributed by atoms with Gasteiger partial charge in [0, 0.05) is 18.4 Å². The molecule has 2 aromatic carbocycles. The monoisotopic (exact) mass is 353 g/mol. The second-order valence-electron chi connectivity index (χ2n) is 6.62. The van der Waals surface area contributed by atoms with Gasteiger partial charge in [0.1, 0.15) is 0 Å². The van der Waals surface area contributed by atoms with E-state index in [-0.39, 0.29) is 0 Å². The third-order valence-corrected chi connectivity index (χ3v) is 5.46. The maximum Gasteiger partial charge on any atom is 0.0738 e. The summed E-state index contributed by atoms with van der Waals surface area (Å²) in [6.07, 6.45) is 8.34. The lowest BCUT2D eigenvalue weighted by molar-refractivity contribution is 0.478. The fourth-order valence-corrected chi connectivity index (χ4v) is 4.40. The molecule has 27 heavy (non-hydrogen) atoms. The van der Waals surface area contributed by atoms with Gasteiger partial charge in [-0.25, -0.2) is 0 Å². The number of nitrogens with zero attached hydrogens (tertiary/aromatic N) is 1. The van der Waals surface area contributed by atoms with Gasteiger partial charge in [0.05, 0.1) is 5.41 Å². The van der Waals surface area contributed by atoms with E-state index in [1.807, 2.05) is 12.2 Å². The average Bonchev–Trinajstić information content (AvgIpc) is 2.73. The Morgan fingerprint density at radius 3 is 1.67 bits per heavy atom. The summed E-state index contributed by atoms with van der Waals surface area (Å²) < 4.78 is 0. The van der Waals surface area contributed by atoms with Crippen molar-refractivity contribution in [3.63, 3.8) is 0 Å². The van der Waals surface area contributed by atoms with Gasteiger partial charge in [0.2, 0.25) is 0 Å². The number of hydrogen-bond acceptors (Lipinski definition) is 1. The van der Waals surface area contributed by atoms with Gasteiger partial charge >= 0.3 is 0 Å². The van der Waals surface area contributed by atoms with Crippen LogP contribution in [0.1, 0.15) is 25.0 Å². The summed E-state index contributed by atoms with van der Waals surface area (Å²) in [5.74, 6) is 0. The van der Waals surface area contributed by atoms with Crippen LogP contribution >= 0.6 is 0 Å². The normalized spacial score (nSPS) is 19.4. The highest BCUT2D eigenvalue weighted by Crippen LogP contribution is 2.53. The first kappa shape index (κ1) is 18.7. The molecule has 0 aliphatic carbocycles. The summed E-state index contributed by atoms with van der Waals surface area (Å²) in [5, 5.41) is 0. The largest absolute Gasteiger partial charge is 0.344 e. The second kappa shape index (κ2) is 7.67. The Hall–Kier alpha value is -3.06. The Morgan fingerprint density at radius 1 is 0.778 bits per heavy atom. The minimum Gasteiger partial charge on any atom is -0.344 e. The van der Waals surface area contributed by atoms with Crippen molar-refractivity contribution in [2.75, 3.05) is 7.05 Å². The molecule has 136 valence electrons. The van der Waals surface area contributed by atoms with Gasteiger partial charge in [-0.1, -0.05) is 92.0 Å². The zero-order valence-corrected chi connectivity index (χ0v) is 16.4. The minimum atomic E-state index is -0.434. The average molecular weight is 354 g/mol. The molecule has 0 saturated heterocycles. The Kier molecular flexibility index (Phi) is 5.32. The zero-order chi connectivity index (χ0) is 19.4. The van der Waals surface area contributed by atoms with Gasteiger partial charge in [0.25, 0.3) is 0 Å². The second-order valence-corrected chi connectivity index (χ2v) is 6.62. The van der Waals surface area contributed by atoms with Crippen LogP contribution in [-0.2, 0) is 5.41 Å². The summed E-state index contributed by atoms with van der Waals surface area (Å²) in [7, 11) is 2.10. The predicted molar refractivity (Wildman–Crippen MR) is 116 cm³/mol. The van der Waals surface area contributed by atoms with Gasteiger partial charge in [-0.3, -0.25) is 0 Å². The molecule has 0 saturated carbocycles. The van der Waals surface area contributed by atoms with Crippen molar-refractivity contribution in [1.82, 2.24) is 4.90 Å². The van der Waals surface area contributed by atoms with Crippen LogP contribution in [0.4, 0.5) is 0 Å². The molecule has 2 aromatic rings. The summed E-state index contributed by atoms with van der Waals surface area (Å²) in [5.41, 5.74) is 6.69. The quantitative estimate of drug-likeness (QED) is 0.615. The predicted octanol–water partition coefficient (Wildman–Crippen LogP) is 6.39. The number of likely N-dealkylation sites (N-methyl/N-ethyl adjacent to an activating group) is 1. The maximum absolute atomic E-state index is 4.20. The lowest BCUT2D eigenvalue weighted by atomic mass is 9.61. The number of benzene rings is 2. The fraction of sp³-hybridized carbons (Fsp3) is 0.154. The fourth-order valence-electron chi connectivity index (χ4n) is 4.40. The summed E-state index contributed by atoms with van der Waals surface area (Å²) >= 11 is 0. The molecule has 1 nitrogen and oxygen atoms in total. The highest BCUT2D eigenvalue weighted by atomic mass is 15.1. The molecule has 1 heteroatoms. The van der Waals surface area contributed by atoms with Gasteiger partial charge in [0.15, 0.2) is 0 Å². The third-order valence-electron chi connectivity index (χ3n) is 5.46. The van der Waals surface area contributed by atoms with Crippen LogP contribution in [-0.4, -0.2) is 11.9 Å². The minimum absolute atomic E-state index is 0.434. The Morgan fingerprint density at radius 2 is 1.30 bits per heavy atom. The highest BCUT2D eigenvalue weighted by Gasteiger charge is 2.46. The van der Waals surface area contributed by atoms with E-state index in [0.29, 0.717) is 0 Å². The summed E-state index contributed by atoms with van der Waals surface area (Å²) in [6.45, 7) is 12.5. The van der Waals surface area contributed by atoms with E-state index >= 15 is 0 Å². The van der Waals surface area contributed by atoms with Gasteiger partial charge < -0.3 is 4.90 Å². The van der Waals surface area contributed by atoms with Crippen LogP contribution in [0.2, 0.25) is 0 Å². The molecule has 0 unspecified atom stereocenters. The molecular formula is C26H27N. The first-order valence-corrected chi connectivity index (χ1v) is 9.34. The molecular weight excluding hydrogens is 326 g/mol. The first-order chi connectivity index (χ1) is 13.2. The van der Waals surface area contributed by atoms with Gasteiger partial charge in [-0.15, -0.1) is 0 Å². The molecule has 0 fully saturated rings. The molecule has 0 aromatic heterocycles. The molecule has 3 rings (SSSR count). The smallest absolute Gasteiger partial charge is 0.0738 e. The third kappa shape index (κ3) is 2.71. The van der Waals surface area contributed by atoms with Crippen molar-refractivity contribution in [2.24, 2.45) is 0 Å². The van der Waals surface area contributed by atoms with E-state index in [4.69, 9.17) is 0 Å². The van der Waals surface area contributed by atoms with Crippen LogP contribution < -0.4 is 0 Å². The van der Waals surface area contributed by atoms with Crippen LogP contribution in [0.3, 0.4) is 0 Å². The SMILES string of the molecule is C=CC1=C(C=C)C(c2ccccc2)(c2ccccc2)C(=C/C)/C(=C\C)N1C. The Labute approximate surface area is 163 Å². The van der Waals surface area contributed by atoms with Gasteiger partial charge in [-0.05, 0) is 42.2 Å². The molecule has 0 bridgehead atoms. The van der Waals surface area contributed by atoms with Crippen molar-refractivity contribution >= 4 is 0 Å². The molecule has 0 spiro atoms. The van der Waals surface area contributed by atoms with Crippen molar-refractivity contribution in [3.8, 4) is 0 Å². The van der Waals surface area contributed by atoms with Crippen LogP contribution in [0.15, 0.2) is 121 Å². The molecule has 1 aliphatic heterocycles. The van der Waals surface area contributed by atoms with E-state index in [0.717, 1.165) is 11.3 Å². The number of rotatable bonds is 4. The summed E-state index contributed by atoms with van der Waals surface area (Å²) in [6, 6.07) is 21.4. The van der Waals surface area contributed by atoms with E-state index in [2.05, 4.69) is 112 Å². The molecule has 1 aliphatic rings. The Bertz CT molecular complexity index is 887. The molecule has 0 atom stereocenters. The molecule has 0 radical (unpaired) electrons. The lowest BCUT2D eigenvalue weighted by Crippen LogP contribution is -2.42. The van der Waals surface area contributed by atoms with Crippen molar-refractivity contribution in [2.45, 2.75) is 19.3 Å². The molecule has 0 amide bonds. The number of hydrogen-bond donors (Lipinski definition) is 0. The lowest BCUT2D eigenvalue weighted by Gasteiger charge is -2.47. The molecule has 1 heterocycles. The van der Waals surface area contributed by atoms with E-state index in [1.165, 1.54) is 22.4 Å². The van der Waals surface area contributed by atoms with Crippen LogP contribution in [0, 0.1) is 0 Å². The maximum atomic E-state index is 4.20. The van der Waals surface area contributed by atoms with Crippen molar-refractivity contribution < 1.29 is 0 Å². The van der Waals surface area contributed by atoms with Gasteiger partial charge in [-0.2, -0.15) is 0 Å². The topological polar surface area (TPSA) is 3.24 Å². The first-order valence-electron chi connectivity index (χ1n) is 9.34. The van der Waals surface area contributed by atoms with E-state index < -0.39 is 5.41 Å². The Balaban J connectivity index is 2.58. The van der Waals surface area contributed by atoms with E-state index in [1.54, 1.807) is 0 Å². The summed E-state index contributed by atoms with van der Waals surface area (Å²) in [4.78, 5) is 2.21. The van der Waals surface area contributed by atoms with Crippen LogP contribution in [0.25, 0.3) is 0 Å². The standard InChI is InChI=1S/C26H27N/c1-6-22-24(8-3)27(5)25(9-4)23(7-2)26(22,20-16-12-10-13-17-20)21-18-14-11-15-19-21/h6-19H,1,3H2,2,4-5H3/b23-7+,25-9+.